The van der Waals surface area contributed by atoms with Crippen LogP contribution in [0.3, 0.4) is 0 Å². The fraction of sp³-hybridized carbons (Fsp3) is 0.333. The van der Waals surface area contributed by atoms with Gasteiger partial charge < -0.3 is 25.0 Å². The Bertz CT molecular complexity index is 821. The zero-order valence-electron chi connectivity index (χ0n) is 17.0. The lowest BCUT2D eigenvalue weighted by Gasteiger charge is -2.22. The molecule has 28 heavy (non-hydrogen) atoms. The highest BCUT2D eigenvalue weighted by molar-refractivity contribution is 5.94. The number of benzene rings is 2. The second-order valence-electron chi connectivity index (χ2n) is 6.65. The third kappa shape index (κ3) is 5.47. The number of anilines is 2. The zero-order chi connectivity index (χ0) is 20.7. The van der Waals surface area contributed by atoms with Crippen molar-refractivity contribution in [2.75, 3.05) is 31.9 Å². The minimum Gasteiger partial charge on any atom is -0.493 e. The molecule has 0 radical (unpaired) electrons. The Balaban J connectivity index is 2.02. The Kier molecular flexibility index (Phi) is 7.40. The number of quaternary nitrogens is 1. The Labute approximate surface area is 165 Å². The SMILES string of the molecule is COc1cccc(C[NH+](C)[C@H](C)C(=O)Nc2ccc(NC(C)=O)cc2)c1OC. The summed E-state index contributed by atoms with van der Waals surface area (Å²) < 4.78 is 10.8. The molecule has 7 heteroatoms. The van der Waals surface area contributed by atoms with Crippen LogP contribution in [0.2, 0.25) is 0 Å². The number of amides is 2. The van der Waals surface area contributed by atoms with Crippen LogP contribution in [0.1, 0.15) is 19.4 Å². The van der Waals surface area contributed by atoms with E-state index in [0.29, 0.717) is 29.4 Å². The van der Waals surface area contributed by atoms with Gasteiger partial charge in [0.25, 0.3) is 5.91 Å². The largest absolute Gasteiger partial charge is 0.493 e. The predicted octanol–water partition coefficient (Wildman–Crippen LogP) is 1.70. The number of carbonyl (C=O) groups excluding carboxylic acids is 2. The van der Waals surface area contributed by atoms with Crippen molar-refractivity contribution >= 4 is 23.2 Å². The van der Waals surface area contributed by atoms with Crippen molar-refractivity contribution in [2.45, 2.75) is 26.4 Å². The molecule has 0 saturated carbocycles. The van der Waals surface area contributed by atoms with Gasteiger partial charge in [0.15, 0.2) is 17.5 Å². The van der Waals surface area contributed by atoms with E-state index in [1.54, 1.807) is 38.5 Å². The first-order valence-electron chi connectivity index (χ1n) is 9.06. The van der Waals surface area contributed by atoms with Crippen LogP contribution in [0.5, 0.6) is 11.5 Å². The van der Waals surface area contributed by atoms with Crippen LogP contribution in [0.15, 0.2) is 42.5 Å². The van der Waals surface area contributed by atoms with E-state index in [9.17, 15) is 9.59 Å². The van der Waals surface area contributed by atoms with Gasteiger partial charge in [0.1, 0.15) is 6.54 Å². The van der Waals surface area contributed by atoms with Crippen molar-refractivity contribution in [3.8, 4) is 11.5 Å². The molecule has 0 spiro atoms. The third-order valence-corrected chi connectivity index (χ3v) is 4.56. The molecule has 0 aliphatic rings. The molecule has 0 aliphatic carbocycles. The van der Waals surface area contributed by atoms with Crippen molar-refractivity contribution in [2.24, 2.45) is 0 Å². The van der Waals surface area contributed by atoms with E-state index in [-0.39, 0.29) is 17.9 Å². The Morgan fingerprint density at radius 1 is 1.00 bits per heavy atom. The molecule has 0 saturated heterocycles. The number of rotatable bonds is 8. The average Bonchev–Trinajstić information content (AvgIpc) is 2.68. The summed E-state index contributed by atoms with van der Waals surface area (Å²) in [7, 11) is 5.17. The summed E-state index contributed by atoms with van der Waals surface area (Å²) in [6, 6.07) is 12.5. The van der Waals surface area contributed by atoms with Gasteiger partial charge in [-0.2, -0.15) is 0 Å². The minimum atomic E-state index is -0.286. The molecule has 2 rings (SSSR count). The van der Waals surface area contributed by atoms with Gasteiger partial charge in [-0.1, -0.05) is 6.07 Å². The molecule has 0 fully saturated rings. The lowest BCUT2D eigenvalue weighted by molar-refractivity contribution is -0.907. The summed E-state index contributed by atoms with van der Waals surface area (Å²) in [6.45, 7) is 3.94. The fourth-order valence-electron chi connectivity index (χ4n) is 2.86. The van der Waals surface area contributed by atoms with E-state index in [1.165, 1.54) is 6.92 Å². The van der Waals surface area contributed by atoms with Gasteiger partial charge in [-0.05, 0) is 43.3 Å². The zero-order valence-corrected chi connectivity index (χ0v) is 17.0. The number of likely N-dealkylation sites (N-methyl/N-ethyl adjacent to an activating group) is 1. The van der Waals surface area contributed by atoms with E-state index in [2.05, 4.69) is 10.6 Å². The molecule has 2 aromatic carbocycles. The maximum atomic E-state index is 12.6. The summed E-state index contributed by atoms with van der Waals surface area (Å²) in [6.07, 6.45) is 0. The minimum absolute atomic E-state index is 0.0911. The third-order valence-electron chi connectivity index (χ3n) is 4.56. The van der Waals surface area contributed by atoms with Crippen LogP contribution in [-0.4, -0.2) is 39.1 Å². The molecule has 2 atom stereocenters. The molecule has 0 aliphatic heterocycles. The van der Waals surface area contributed by atoms with Gasteiger partial charge in [-0.3, -0.25) is 9.59 Å². The van der Waals surface area contributed by atoms with Crippen molar-refractivity contribution < 1.29 is 24.0 Å². The van der Waals surface area contributed by atoms with Gasteiger partial charge in [-0.25, -0.2) is 0 Å². The van der Waals surface area contributed by atoms with Crippen LogP contribution in [0.4, 0.5) is 11.4 Å². The van der Waals surface area contributed by atoms with Crippen molar-refractivity contribution in [3.05, 3.63) is 48.0 Å². The van der Waals surface area contributed by atoms with Gasteiger partial charge in [-0.15, -0.1) is 0 Å². The van der Waals surface area contributed by atoms with Crippen molar-refractivity contribution in [1.82, 2.24) is 0 Å². The highest BCUT2D eigenvalue weighted by atomic mass is 16.5. The summed E-state index contributed by atoms with van der Waals surface area (Å²) in [5.41, 5.74) is 2.34. The number of carbonyl (C=O) groups is 2. The van der Waals surface area contributed by atoms with E-state index >= 15 is 0 Å². The molecule has 3 N–H and O–H groups in total. The quantitative estimate of drug-likeness (QED) is 0.645. The molecular formula is C21H28N3O4+. The lowest BCUT2D eigenvalue weighted by Crippen LogP contribution is -3.12. The molecule has 2 amide bonds. The molecule has 1 unspecified atom stereocenters. The number of ether oxygens (including phenoxy) is 2. The molecule has 0 bridgehead atoms. The Morgan fingerprint density at radius 3 is 2.14 bits per heavy atom. The molecular weight excluding hydrogens is 358 g/mol. The van der Waals surface area contributed by atoms with Gasteiger partial charge in [0.2, 0.25) is 5.91 Å². The number of para-hydroxylation sites is 1. The smallest absolute Gasteiger partial charge is 0.282 e. The average molecular weight is 386 g/mol. The number of hydrogen-bond donors (Lipinski definition) is 3. The van der Waals surface area contributed by atoms with Crippen LogP contribution in [0, 0.1) is 0 Å². The standard InChI is InChI=1S/C21H27N3O4/c1-14(21(26)23-18-11-9-17(10-12-18)22-15(2)25)24(3)13-16-7-6-8-19(27-4)20(16)28-5/h6-12,14H,13H2,1-5H3,(H,22,25)(H,23,26)/p+1/t14-/m1/s1. The summed E-state index contributed by atoms with van der Waals surface area (Å²) in [5, 5.41) is 5.61. The Morgan fingerprint density at radius 2 is 1.61 bits per heavy atom. The van der Waals surface area contributed by atoms with E-state index in [1.807, 2.05) is 32.2 Å². The van der Waals surface area contributed by atoms with Gasteiger partial charge >= 0.3 is 0 Å². The monoisotopic (exact) mass is 386 g/mol. The number of hydrogen-bond acceptors (Lipinski definition) is 4. The molecule has 7 nitrogen and oxygen atoms in total. The topological polar surface area (TPSA) is 81.1 Å². The second-order valence-corrected chi connectivity index (χ2v) is 6.65. The number of methoxy groups -OCH3 is 2. The highest BCUT2D eigenvalue weighted by Gasteiger charge is 2.24. The van der Waals surface area contributed by atoms with E-state index in [4.69, 9.17) is 9.47 Å². The van der Waals surface area contributed by atoms with Crippen LogP contribution in [0.25, 0.3) is 0 Å². The van der Waals surface area contributed by atoms with Crippen LogP contribution in [-0.2, 0) is 16.1 Å². The van der Waals surface area contributed by atoms with E-state index < -0.39 is 0 Å². The summed E-state index contributed by atoms with van der Waals surface area (Å²) in [4.78, 5) is 24.7. The fourth-order valence-corrected chi connectivity index (χ4v) is 2.86. The van der Waals surface area contributed by atoms with Gasteiger partial charge in [0, 0.05) is 18.3 Å². The van der Waals surface area contributed by atoms with Gasteiger partial charge in [0.05, 0.1) is 26.8 Å². The maximum absolute atomic E-state index is 12.6. The van der Waals surface area contributed by atoms with Crippen molar-refractivity contribution in [1.29, 1.82) is 0 Å². The number of nitrogens with one attached hydrogen (secondary N) is 3. The normalized spacial score (nSPS) is 12.6. The first-order chi connectivity index (χ1) is 13.3. The first kappa shape index (κ1) is 21.2. The first-order valence-corrected chi connectivity index (χ1v) is 9.06. The predicted molar refractivity (Wildman–Crippen MR) is 109 cm³/mol. The molecule has 0 aromatic heterocycles. The second kappa shape index (κ2) is 9.75. The van der Waals surface area contributed by atoms with E-state index in [0.717, 1.165) is 10.5 Å². The molecule has 2 aromatic rings. The molecule has 150 valence electrons. The highest BCUT2D eigenvalue weighted by Crippen LogP contribution is 2.30. The molecule has 0 heterocycles. The maximum Gasteiger partial charge on any atom is 0.282 e. The summed E-state index contributed by atoms with van der Waals surface area (Å²) >= 11 is 0. The van der Waals surface area contributed by atoms with Crippen molar-refractivity contribution in [3.63, 3.8) is 0 Å². The summed E-state index contributed by atoms with van der Waals surface area (Å²) in [5.74, 6) is 1.13. The Hall–Kier alpha value is -3.06. The van der Waals surface area contributed by atoms with Crippen LogP contribution < -0.4 is 25.0 Å². The van der Waals surface area contributed by atoms with Crippen LogP contribution >= 0.6 is 0 Å². The lowest BCUT2D eigenvalue weighted by atomic mass is 10.1.